The smallest absolute Gasteiger partial charge is 0.321 e. The van der Waals surface area contributed by atoms with Crippen LogP contribution in [0.4, 0.5) is 16.2 Å². The third-order valence-electron chi connectivity index (χ3n) is 4.74. The predicted octanol–water partition coefficient (Wildman–Crippen LogP) is 4.35. The third-order valence-corrected chi connectivity index (χ3v) is 4.74. The molecular weight excluding hydrogens is 326 g/mol. The lowest BCUT2D eigenvalue weighted by Gasteiger charge is -2.29. The van der Waals surface area contributed by atoms with Gasteiger partial charge >= 0.3 is 6.03 Å². The maximum atomic E-state index is 12.5. The van der Waals surface area contributed by atoms with Crippen LogP contribution in [0.15, 0.2) is 48.5 Å². The number of benzene rings is 2. The molecule has 1 aliphatic rings. The van der Waals surface area contributed by atoms with Crippen molar-refractivity contribution < 1.29 is 9.53 Å². The Bertz CT molecular complexity index is 724. The van der Waals surface area contributed by atoms with Crippen molar-refractivity contribution in [2.75, 3.05) is 37.5 Å². The Morgan fingerprint density at radius 3 is 2.54 bits per heavy atom. The quantitative estimate of drug-likeness (QED) is 0.869. The minimum atomic E-state index is -0.114. The molecule has 1 aliphatic heterocycles. The zero-order chi connectivity index (χ0) is 18.4. The predicted molar refractivity (Wildman–Crippen MR) is 106 cm³/mol. The van der Waals surface area contributed by atoms with Crippen LogP contribution in [0.3, 0.4) is 0 Å². The van der Waals surface area contributed by atoms with Gasteiger partial charge in [-0.3, -0.25) is 0 Å². The number of anilines is 2. The number of hydrogen-bond donors (Lipinski definition) is 1. The summed E-state index contributed by atoms with van der Waals surface area (Å²) in [6.45, 7) is 2.73. The summed E-state index contributed by atoms with van der Waals surface area (Å²) in [5.74, 6) is 0.815. The number of carbonyl (C=O) groups excluding carboxylic acids is 1. The van der Waals surface area contributed by atoms with Gasteiger partial charge in [0.1, 0.15) is 5.75 Å². The maximum Gasteiger partial charge on any atom is 0.321 e. The summed E-state index contributed by atoms with van der Waals surface area (Å²) in [5.41, 5.74) is 3.07. The van der Waals surface area contributed by atoms with E-state index in [1.54, 1.807) is 19.1 Å². The van der Waals surface area contributed by atoms with Crippen molar-refractivity contribution in [2.45, 2.75) is 25.8 Å². The van der Waals surface area contributed by atoms with Gasteiger partial charge in [-0.2, -0.15) is 0 Å². The number of amides is 2. The van der Waals surface area contributed by atoms with E-state index in [9.17, 15) is 4.79 Å². The minimum absolute atomic E-state index is 0.114. The van der Waals surface area contributed by atoms with Gasteiger partial charge in [0.15, 0.2) is 0 Å². The van der Waals surface area contributed by atoms with E-state index >= 15 is 0 Å². The normalized spacial score (nSPS) is 14.0. The molecule has 5 nitrogen and oxygen atoms in total. The van der Waals surface area contributed by atoms with Gasteiger partial charge in [0.05, 0.1) is 7.11 Å². The summed E-state index contributed by atoms with van der Waals surface area (Å²) in [7, 11) is 3.45. The van der Waals surface area contributed by atoms with Gasteiger partial charge in [-0.05, 0) is 55.2 Å². The highest BCUT2D eigenvalue weighted by Crippen LogP contribution is 2.23. The number of methoxy groups -OCH3 is 1. The average molecular weight is 353 g/mol. The Labute approximate surface area is 155 Å². The van der Waals surface area contributed by atoms with E-state index in [1.807, 2.05) is 36.4 Å². The van der Waals surface area contributed by atoms with Crippen LogP contribution in [0.25, 0.3) is 0 Å². The fraction of sp³-hybridized carbons (Fsp3) is 0.381. The Balaban J connectivity index is 1.59. The van der Waals surface area contributed by atoms with Gasteiger partial charge in [-0.25, -0.2) is 4.79 Å². The van der Waals surface area contributed by atoms with Gasteiger partial charge < -0.3 is 19.9 Å². The molecule has 0 saturated carbocycles. The highest BCUT2D eigenvalue weighted by atomic mass is 16.5. The number of piperidine rings is 1. The molecule has 0 bridgehead atoms. The molecule has 0 atom stereocenters. The molecule has 1 saturated heterocycles. The van der Waals surface area contributed by atoms with Crippen LogP contribution in [-0.2, 0) is 6.54 Å². The van der Waals surface area contributed by atoms with Crippen LogP contribution in [0.1, 0.15) is 24.8 Å². The summed E-state index contributed by atoms with van der Waals surface area (Å²) in [6, 6.07) is 15.8. The number of rotatable bonds is 5. The lowest BCUT2D eigenvalue weighted by Crippen LogP contribution is -2.31. The van der Waals surface area contributed by atoms with Crippen LogP contribution in [-0.4, -0.2) is 38.2 Å². The SMILES string of the molecule is COc1ccc(CN(C)C(=O)Nc2cccc(N3CCCCC3)c2)cc1. The Morgan fingerprint density at radius 1 is 1.12 bits per heavy atom. The van der Waals surface area contributed by atoms with Crippen molar-refractivity contribution in [2.24, 2.45) is 0 Å². The van der Waals surface area contributed by atoms with Gasteiger partial charge in [-0.1, -0.05) is 18.2 Å². The molecule has 26 heavy (non-hydrogen) atoms. The molecule has 1 fully saturated rings. The van der Waals surface area contributed by atoms with E-state index in [1.165, 1.54) is 24.9 Å². The summed E-state index contributed by atoms with van der Waals surface area (Å²) in [4.78, 5) is 16.6. The Kier molecular flexibility index (Phi) is 6.00. The second-order valence-electron chi connectivity index (χ2n) is 6.73. The zero-order valence-electron chi connectivity index (χ0n) is 15.6. The van der Waals surface area contributed by atoms with Crippen molar-refractivity contribution in [3.63, 3.8) is 0 Å². The summed E-state index contributed by atoms with van der Waals surface area (Å²) >= 11 is 0. The molecular formula is C21H27N3O2. The molecule has 0 aliphatic carbocycles. The van der Waals surface area contributed by atoms with Crippen molar-refractivity contribution in [1.29, 1.82) is 0 Å². The minimum Gasteiger partial charge on any atom is -0.497 e. The Morgan fingerprint density at radius 2 is 1.85 bits per heavy atom. The van der Waals surface area contributed by atoms with Crippen LogP contribution in [0.2, 0.25) is 0 Å². The highest BCUT2D eigenvalue weighted by Gasteiger charge is 2.13. The number of hydrogen-bond acceptors (Lipinski definition) is 3. The standard InChI is InChI=1S/C21H27N3O2/c1-23(16-17-9-11-20(26-2)12-10-17)21(25)22-18-7-6-8-19(15-18)24-13-4-3-5-14-24/h6-12,15H,3-5,13-14,16H2,1-2H3,(H,22,25). The second kappa shape index (κ2) is 8.61. The third kappa shape index (κ3) is 4.69. The molecule has 1 heterocycles. The molecule has 0 radical (unpaired) electrons. The van der Waals surface area contributed by atoms with E-state index in [0.29, 0.717) is 6.54 Å². The largest absolute Gasteiger partial charge is 0.497 e. The molecule has 5 heteroatoms. The zero-order valence-corrected chi connectivity index (χ0v) is 15.6. The number of urea groups is 1. The van der Waals surface area contributed by atoms with Crippen LogP contribution in [0.5, 0.6) is 5.75 Å². The van der Waals surface area contributed by atoms with Crippen LogP contribution in [0, 0.1) is 0 Å². The number of ether oxygens (including phenoxy) is 1. The summed E-state index contributed by atoms with van der Waals surface area (Å²) < 4.78 is 5.16. The first-order valence-corrected chi connectivity index (χ1v) is 9.16. The Hall–Kier alpha value is -2.69. The fourth-order valence-corrected chi connectivity index (χ4v) is 3.23. The molecule has 0 unspecified atom stereocenters. The molecule has 138 valence electrons. The van der Waals surface area contributed by atoms with E-state index in [2.05, 4.69) is 22.3 Å². The second-order valence-corrected chi connectivity index (χ2v) is 6.73. The first kappa shape index (κ1) is 18.1. The van der Waals surface area contributed by atoms with Crippen LogP contribution >= 0.6 is 0 Å². The first-order valence-electron chi connectivity index (χ1n) is 9.16. The summed E-state index contributed by atoms with van der Waals surface area (Å²) in [6.07, 6.45) is 3.78. The monoisotopic (exact) mass is 353 g/mol. The lowest BCUT2D eigenvalue weighted by atomic mass is 10.1. The van der Waals surface area contributed by atoms with Gasteiger partial charge in [0.2, 0.25) is 0 Å². The molecule has 0 aromatic heterocycles. The summed E-state index contributed by atoms with van der Waals surface area (Å²) in [5, 5.41) is 3.00. The molecule has 2 aromatic rings. The van der Waals surface area contributed by atoms with E-state index in [4.69, 9.17) is 4.74 Å². The van der Waals surface area contributed by atoms with Crippen molar-refractivity contribution in [1.82, 2.24) is 4.90 Å². The lowest BCUT2D eigenvalue weighted by molar-refractivity contribution is 0.220. The van der Waals surface area contributed by atoms with E-state index < -0.39 is 0 Å². The average Bonchev–Trinajstić information content (AvgIpc) is 2.69. The maximum absolute atomic E-state index is 12.5. The number of carbonyl (C=O) groups is 1. The van der Waals surface area contributed by atoms with Gasteiger partial charge in [0, 0.05) is 38.1 Å². The number of nitrogens with one attached hydrogen (secondary N) is 1. The molecule has 0 spiro atoms. The fourth-order valence-electron chi connectivity index (χ4n) is 3.23. The van der Waals surface area contributed by atoms with E-state index in [0.717, 1.165) is 30.1 Å². The van der Waals surface area contributed by atoms with E-state index in [-0.39, 0.29) is 6.03 Å². The van der Waals surface area contributed by atoms with Crippen molar-refractivity contribution in [3.8, 4) is 5.75 Å². The first-order chi connectivity index (χ1) is 12.7. The molecule has 2 aromatic carbocycles. The topological polar surface area (TPSA) is 44.8 Å². The van der Waals surface area contributed by atoms with Gasteiger partial charge in [0.25, 0.3) is 0 Å². The van der Waals surface area contributed by atoms with Gasteiger partial charge in [-0.15, -0.1) is 0 Å². The molecule has 2 amide bonds. The highest BCUT2D eigenvalue weighted by molar-refractivity contribution is 5.89. The molecule has 1 N–H and O–H groups in total. The van der Waals surface area contributed by atoms with Crippen LogP contribution < -0.4 is 15.0 Å². The molecule has 3 rings (SSSR count). The van der Waals surface area contributed by atoms with Crippen molar-refractivity contribution in [3.05, 3.63) is 54.1 Å². The van der Waals surface area contributed by atoms with Crippen molar-refractivity contribution >= 4 is 17.4 Å². The number of nitrogens with zero attached hydrogens (tertiary/aromatic N) is 2.